The molecule has 1 aromatic heterocycles. The van der Waals surface area contributed by atoms with Crippen LogP contribution in [-0.4, -0.2) is 17.9 Å². The second kappa shape index (κ2) is 7.43. The number of Topliss-reactive ketones (excluding diaryl/α,β-unsaturated/α-hetero) is 1. The maximum atomic E-state index is 12.6. The Morgan fingerprint density at radius 1 is 1.00 bits per heavy atom. The average molecular weight is 378 g/mol. The SMILES string of the molecule is C[C@@H](OC(=O)c1cc(=O)c2ccccc2o1)C(=O)c1ccc(C(C)(C)C)cc1. The number of carbonyl (C=O) groups excluding carboxylic acids is 2. The lowest BCUT2D eigenvalue weighted by Crippen LogP contribution is -2.25. The molecule has 0 amide bonds. The van der Waals surface area contributed by atoms with E-state index < -0.39 is 12.1 Å². The van der Waals surface area contributed by atoms with E-state index in [1.807, 2.05) is 12.1 Å². The molecule has 5 nitrogen and oxygen atoms in total. The molecule has 3 rings (SSSR count). The molecule has 0 aliphatic carbocycles. The minimum absolute atomic E-state index is 0.0206. The van der Waals surface area contributed by atoms with Crippen LogP contribution < -0.4 is 5.43 Å². The van der Waals surface area contributed by atoms with Crippen LogP contribution in [0.1, 0.15) is 54.2 Å². The smallest absolute Gasteiger partial charge is 0.375 e. The van der Waals surface area contributed by atoms with E-state index in [1.165, 1.54) is 6.92 Å². The molecule has 0 bridgehead atoms. The predicted octanol–water partition coefficient (Wildman–Crippen LogP) is 4.52. The summed E-state index contributed by atoms with van der Waals surface area (Å²) in [7, 11) is 0. The van der Waals surface area contributed by atoms with Crippen LogP contribution >= 0.6 is 0 Å². The first-order valence-electron chi connectivity index (χ1n) is 9.05. The van der Waals surface area contributed by atoms with Gasteiger partial charge in [-0.2, -0.15) is 0 Å². The first kappa shape index (κ1) is 19.5. The molecule has 1 heterocycles. The van der Waals surface area contributed by atoms with Crippen LogP contribution in [0.2, 0.25) is 0 Å². The van der Waals surface area contributed by atoms with E-state index in [1.54, 1.807) is 36.4 Å². The Labute approximate surface area is 162 Å². The number of ketones is 1. The van der Waals surface area contributed by atoms with Crippen molar-refractivity contribution in [3.8, 4) is 0 Å². The molecule has 1 atom stereocenters. The van der Waals surface area contributed by atoms with E-state index in [0.29, 0.717) is 16.5 Å². The van der Waals surface area contributed by atoms with Gasteiger partial charge in [0.2, 0.25) is 11.5 Å². The van der Waals surface area contributed by atoms with Crippen LogP contribution in [0.4, 0.5) is 0 Å². The zero-order chi connectivity index (χ0) is 20.5. The molecule has 0 radical (unpaired) electrons. The highest BCUT2D eigenvalue weighted by Crippen LogP contribution is 2.23. The molecular formula is C23H22O5. The molecule has 0 saturated heterocycles. The summed E-state index contributed by atoms with van der Waals surface area (Å²) in [5, 5.41) is 0.377. The largest absolute Gasteiger partial charge is 0.449 e. The van der Waals surface area contributed by atoms with Crippen LogP contribution in [-0.2, 0) is 10.2 Å². The van der Waals surface area contributed by atoms with Gasteiger partial charge in [0.05, 0.1) is 5.39 Å². The van der Waals surface area contributed by atoms with Gasteiger partial charge in [-0.3, -0.25) is 9.59 Å². The second-order valence-electron chi connectivity index (χ2n) is 7.71. The van der Waals surface area contributed by atoms with Crippen molar-refractivity contribution >= 4 is 22.7 Å². The normalized spacial score (nSPS) is 12.6. The number of benzene rings is 2. The van der Waals surface area contributed by atoms with Crippen LogP contribution in [0, 0.1) is 0 Å². The summed E-state index contributed by atoms with van der Waals surface area (Å²) < 4.78 is 10.7. The maximum absolute atomic E-state index is 12.6. The first-order valence-corrected chi connectivity index (χ1v) is 9.05. The molecule has 0 spiro atoms. The average Bonchev–Trinajstić information content (AvgIpc) is 2.66. The molecule has 0 unspecified atom stereocenters. The quantitative estimate of drug-likeness (QED) is 0.493. The Morgan fingerprint density at radius 3 is 2.29 bits per heavy atom. The van der Waals surface area contributed by atoms with Crippen molar-refractivity contribution in [2.75, 3.05) is 0 Å². The van der Waals surface area contributed by atoms with Crippen molar-refractivity contribution in [2.24, 2.45) is 0 Å². The van der Waals surface area contributed by atoms with Crippen molar-refractivity contribution in [1.82, 2.24) is 0 Å². The number of para-hydroxylation sites is 1. The van der Waals surface area contributed by atoms with Gasteiger partial charge in [-0.15, -0.1) is 0 Å². The van der Waals surface area contributed by atoms with Crippen molar-refractivity contribution < 1.29 is 18.7 Å². The number of fused-ring (bicyclic) bond motifs is 1. The minimum atomic E-state index is -1.01. The minimum Gasteiger partial charge on any atom is -0.449 e. The summed E-state index contributed by atoms with van der Waals surface area (Å²) >= 11 is 0. The van der Waals surface area contributed by atoms with Gasteiger partial charge in [0.25, 0.3) is 0 Å². The van der Waals surface area contributed by atoms with E-state index in [0.717, 1.165) is 11.6 Å². The number of hydrogen-bond donors (Lipinski definition) is 0. The molecule has 0 aliphatic rings. The van der Waals surface area contributed by atoms with Gasteiger partial charge >= 0.3 is 5.97 Å². The van der Waals surface area contributed by atoms with Crippen LogP contribution in [0.15, 0.2) is 63.8 Å². The molecule has 144 valence electrons. The number of esters is 1. The zero-order valence-corrected chi connectivity index (χ0v) is 16.3. The van der Waals surface area contributed by atoms with Gasteiger partial charge in [-0.05, 0) is 30.0 Å². The summed E-state index contributed by atoms with van der Waals surface area (Å²) in [4.78, 5) is 37.1. The lowest BCUT2D eigenvalue weighted by Gasteiger charge is -2.19. The molecule has 5 heteroatoms. The van der Waals surface area contributed by atoms with Crippen molar-refractivity contribution in [3.05, 3.63) is 81.7 Å². The summed E-state index contributed by atoms with van der Waals surface area (Å²) in [6.07, 6.45) is -1.01. The Balaban J connectivity index is 1.77. The third-order valence-corrected chi connectivity index (χ3v) is 4.52. The van der Waals surface area contributed by atoms with Crippen molar-refractivity contribution in [2.45, 2.75) is 39.2 Å². The number of hydrogen-bond acceptors (Lipinski definition) is 5. The fraction of sp³-hybridized carbons (Fsp3) is 0.261. The Bertz CT molecular complexity index is 1080. The molecule has 0 fully saturated rings. The monoisotopic (exact) mass is 378 g/mol. The standard InChI is InChI=1S/C23H22O5/c1-14(21(25)15-9-11-16(12-10-15)23(2,3)4)27-22(26)20-13-18(24)17-7-5-6-8-19(17)28-20/h5-14H,1-4H3/t14-/m1/s1. The van der Waals surface area contributed by atoms with Crippen LogP contribution in [0.25, 0.3) is 11.0 Å². The summed E-state index contributed by atoms with van der Waals surface area (Å²) in [6, 6.07) is 14.9. The van der Waals surface area contributed by atoms with Gasteiger partial charge in [0.15, 0.2) is 11.5 Å². The van der Waals surface area contributed by atoms with Gasteiger partial charge in [-0.25, -0.2) is 4.79 Å². The van der Waals surface area contributed by atoms with E-state index in [9.17, 15) is 14.4 Å². The lowest BCUT2D eigenvalue weighted by atomic mass is 9.86. The summed E-state index contributed by atoms with van der Waals surface area (Å²) in [5.74, 6) is -1.40. The molecule has 0 aliphatic heterocycles. The topological polar surface area (TPSA) is 73.6 Å². The highest BCUT2D eigenvalue weighted by molar-refractivity contribution is 6.01. The highest BCUT2D eigenvalue weighted by atomic mass is 16.6. The lowest BCUT2D eigenvalue weighted by molar-refractivity contribution is 0.0289. The second-order valence-corrected chi connectivity index (χ2v) is 7.71. The van der Waals surface area contributed by atoms with Gasteiger partial charge in [-0.1, -0.05) is 57.2 Å². The van der Waals surface area contributed by atoms with Gasteiger partial charge < -0.3 is 9.15 Å². The Morgan fingerprint density at radius 2 is 1.64 bits per heavy atom. The van der Waals surface area contributed by atoms with Gasteiger partial charge in [0.1, 0.15) is 5.58 Å². The number of ether oxygens (including phenoxy) is 1. The molecule has 28 heavy (non-hydrogen) atoms. The third-order valence-electron chi connectivity index (χ3n) is 4.52. The fourth-order valence-corrected chi connectivity index (χ4v) is 2.85. The Kier molecular flexibility index (Phi) is 5.18. The van der Waals surface area contributed by atoms with Crippen LogP contribution in [0.5, 0.6) is 0 Å². The van der Waals surface area contributed by atoms with Gasteiger partial charge in [0, 0.05) is 11.6 Å². The number of rotatable bonds is 4. The van der Waals surface area contributed by atoms with Crippen molar-refractivity contribution in [3.63, 3.8) is 0 Å². The van der Waals surface area contributed by atoms with E-state index in [2.05, 4.69) is 20.8 Å². The maximum Gasteiger partial charge on any atom is 0.375 e. The van der Waals surface area contributed by atoms with Crippen molar-refractivity contribution in [1.29, 1.82) is 0 Å². The molecule has 0 N–H and O–H groups in total. The van der Waals surface area contributed by atoms with E-state index in [4.69, 9.17) is 9.15 Å². The fourth-order valence-electron chi connectivity index (χ4n) is 2.85. The zero-order valence-electron chi connectivity index (χ0n) is 16.3. The molecule has 0 saturated carbocycles. The molecule has 2 aromatic carbocycles. The molecule has 3 aromatic rings. The van der Waals surface area contributed by atoms with E-state index in [-0.39, 0.29) is 22.4 Å². The highest BCUT2D eigenvalue weighted by Gasteiger charge is 2.23. The van der Waals surface area contributed by atoms with Crippen LogP contribution in [0.3, 0.4) is 0 Å². The third kappa shape index (κ3) is 4.03. The predicted molar refractivity (Wildman–Crippen MR) is 107 cm³/mol. The first-order chi connectivity index (χ1) is 13.2. The Hall–Kier alpha value is -3.21. The summed E-state index contributed by atoms with van der Waals surface area (Å²) in [5.41, 5.74) is 1.48. The number of carbonyl (C=O) groups is 2. The summed E-state index contributed by atoms with van der Waals surface area (Å²) in [6.45, 7) is 7.76. The molecular weight excluding hydrogens is 356 g/mol. The van der Waals surface area contributed by atoms with E-state index >= 15 is 0 Å².